The first-order valence-corrected chi connectivity index (χ1v) is 10.4. The van der Waals surface area contributed by atoms with Crippen LogP contribution in [0.1, 0.15) is 25.3 Å². The van der Waals surface area contributed by atoms with E-state index in [9.17, 15) is 13.2 Å². The van der Waals surface area contributed by atoms with E-state index in [1.54, 1.807) is 14.0 Å². The van der Waals surface area contributed by atoms with Crippen LogP contribution in [0.15, 0.2) is 29.3 Å². The number of aliphatic imine (C=N–C) groups is 1. The molecule has 1 aromatic carbocycles. The molecular weight excluding hydrogens is 481 g/mol. The van der Waals surface area contributed by atoms with Gasteiger partial charge < -0.3 is 15.5 Å². The predicted octanol–water partition coefficient (Wildman–Crippen LogP) is 1.04. The lowest BCUT2D eigenvalue weighted by Gasteiger charge is -2.16. The van der Waals surface area contributed by atoms with Gasteiger partial charge in [-0.05, 0) is 31.0 Å². The number of rotatable bonds is 8. The molecule has 152 valence electrons. The Balaban J connectivity index is 0.00000364. The molecule has 0 aliphatic carbocycles. The molecule has 0 bridgehead atoms. The number of carbonyl (C=O) groups is 1. The molecule has 1 aliphatic rings. The fraction of sp³-hybridized carbons (Fsp3) is 0.529. The van der Waals surface area contributed by atoms with Gasteiger partial charge >= 0.3 is 0 Å². The van der Waals surface area contributed by atoms with Gasteiger partial charge in [-0.25, -0.2) is 13.1 Å². The molecule has 3 N–H and O–H groups in total. The Bertz CT molecular complexity index is 737. The number of guanidine groups is 1. The minimum Gasteiger partial charge on any atom is -0.355 e. The monoisotopic (exact) mass is 509 g/mol. The average molecular weight is 509 g/mol. The van der Waals surface area contributed by atoms with Gasteiger partial charge in [0.05, 0.1) is 5.75 Å². The summed E-state index contributed by atoms with van der Waals surface area (Å²) in [5.41, 5.74) is 2.00. The second-order valence-corrected chi connectivity index (χ2v) is 8.06. The highest BCUT2D eigenvalue weighted by molar-refractivity contribution is 14.0. The summed E-state index contributed by atoms with van der Waals surface area (Å²) in [6.07, 6.45) is 1.54. The number of hydrogen-bond donors (Lipinski definition) is 3. The minimum absolute atomic E-state index is 0. The second kappa shape index (κ2) is 11.4. The molecule has 8 nitrogen and oxygen atoms in total. The maximum atomic E-state index is 11.8. The number of amides is 1. The van der Waals surface area contributed by atoms with Crippen LogP contribution >= 0.6 is 24.0 Å². The molecule has 10 heteroatoms. The quantitative estimate of drug-likeness (QED) is 0.210. The van der Waals surface area contributed by atoms with Crippen molar-refractivity contribution in [3.63, 3.8) is 0 Å². The van der Waals surface area contributed by atoms with E-state index in [1.165, 1.54) is 0 Å². The van der Waals surface area contributed by atoms with Crippen molar-refractivity contribution >= 4 is 51.6 Å². The van der Waals surface area contributed by atoms with Gasteiger partial charge in [-0.3, -0.25) is 9.79 Å². The third-order valence-corrected chi connectivity index (χ3v) is 5.53. The van der Waals surface area contributed by atoms with Gasteiger partial charge in [0.1, 0.15) is 0 Å². The van der Waals surface area contributed by atoms with Gasteiger partial charge in [-0.1, -0.05) is 12.1 Å². The van der Waals surface area contributed by atoms with Crippen molar-refractivity contribution in [3.8, 4) is 0 Å². The maximum absolute atomic E-state index is 11.8. The van der Waals surface area contributed by atoms with Crippen LogP contribution in [0.4, 0.5) is 5.69 Å². The van der Waals surface area contributed by atoms with Gasteiger partial charge in [0.15, 0.2) is 5.96 Å². The minimum atomic E-state index is -3.17. The molecule has 1 amide bonds. The van der Waals surface area contributed by atoms with E-state index in [-0.39, 0.29) is 35.6 Å². The zero-order valence-electron chi connectivity index (χ0n) is 15.7. The first kappa shape index (κ1) is 23.6. The lowest BCUT2D eigenvalue weighted by molar-refractivity contribution is -0.117. The number of nitrogens with zero attached hydrogens (tertiary/aromatic N) is 2. The van der Waals surface area contributed by atoms with Crippen LogP contribution in [0.3, 0.4) is 0 Å². The third-order valence-electron chi connectivity index (χ3n) is 4.12. The number of hydrogen-bond acceptors (Lipinski definition) is 4. The van der Waals surface area contributed by atoms with Crippen molar-refractivity contribution in [1.29, 1.82) is 0 Å². The van der Waals surface area contributed by atoms with Crippen LogP contribution < -0.4 is 20.3 Å². The second-order valence-electron chi connectivity index (χ2n) is 5.97. The molecule has 1 fully saturated rings. The number of sulfonamides is 1. The third kappa shape index (κ3) is 7.62. The molecule has 0 saturated carbocycles. The van der Waals surface area contributed by atoms with Gasteiger partial charge in [-0.15, -0.1) is 24.0 Å². The van der Waals surface area contributed by atoms with Crippen molar-refractivity contribution in [1.82, 2.24) is 15.4 Å². The number of benzene rings is 1. The molecule has 0 unspecified atom stereocenters. The number of nitrogens with one attached hydrogen (secondary N) is 3. The van der Waals surface area contributed by atoms with E-state index < -0.39 is 10.0 Å². The highest BCUT2D eigenvalue weighted by Gasteiger charge is 2.21. The first-order valence-electron chi connectivity index (χ1n) is 8.76. The Morgan fingerprint density at radius 2 is 1.89 bits per heavy atom. The van der Waals surface area contributed by atoms with Crippen LogP contribution in [-0.4, -0.2) is 52.7 Å². The zero-order chi connectivity index (χ0) is 19.0. The Morgan fingerprint density at radius 1 is 1.19 bits per heavy atom. The number of anilines is 1. The Hall–Kier alpha value is -1.40. The van der Waals surface area contributed by atoms with E-state index in [0.717, 1.165) is 24.2 Å². The van der Waals surface area contributed by atoms with E-state index in [1.807, 2.05) is 29.2 Å². The maximum Gasteiger partial charge on any atom is 0.227 e. The molecule has 27 heavy (non-hydrogen) atoms. The average Bonchev–Trinajstić information content (AvgIpc) is 3.07. The molecular formula is C17H28IN5O3S. The summed E-state index contributed by atoms with van der Waals surface area (Å²) in [4.78, 5) is 17.7. The summed E-state index contributed by atoms with van der Waals surface area (Å²) >= 11 is 0. The molecule has 1 saturated heterocycles. The van der Waals surface area contributed by atoms with E-state index >= 15 is 0 Å². The van der Waals surface area contributed by atoms with Gasteiger partial charge in [0.2, 0.25) is 15.9 Å². The summed E-state index contributed by atoms with van der Waals surface area (Å²) in [6, 6.07) is 7.87. The van der Waals surface area contributed by atoms with Crippen molar-refractivity contribution in [2.75, 3.05) is 37.3 Å². The van der Waals surface area contributed by atoms with Crippen LogP contribution in [0, 0.1) is 0 Å². The molecule has 2 rings (SSSR count). The first-order chi connectivity index (χ1) is 12.4. The molecule has 0 atom stereocenters. The molecule has 1 heterocycles. The lowest BCUT2D eigenvalue weighted by Crippen LogP contribution is -2.41. The van der Waals surface area contributed by atoms with Crippen LogP contribution in [0.2, 0.25) is 0 Å². The van der Waals surface area contributed by atoms with Gasteiger partial charge in [-0.2, -0.15) is 0 Å². The van der Waals surface area contributed by atoms with E-state index in [4.69, 9.17) is 0 Å². The summed E-state index contributed by atoms with van der Waals surface area (Å²) < 4.78 is 25.2. The fourth-order valence-electron chi connectivity index (χ4n) is 2.61. The Morgan fingerprint density at radius 3 is 2.44 bits per heavy atom. The van der Waals surface area contributed by atoms with Crippen molar-refractivity contribution in [3.05, 3.63) is 29.8 Å². The van der Waals surface area contributed by atoms with Gasteiger partial charge in [0, 0.05) is 45.3 Å². The standard InChI is InChI=1S/C17H27N5O3S.HI/c1-3-26(24,25)21-11-10-19-17(18-2)20-13-14-6-8-15(9-7-14)22-12-4-5-16(22)23;/h6-9,21H,3-5,10-13H2,1-2H3,(H2,18,19,20);1H. The summed E-state index contributed by atoms with van der Waals surface area (Å²) in [5.74, 6) is 0.845. The van der Waals surface area contributed by atoms with E-state index in [0.29, 0.717) is 32.0 Å². The van der Waals surface area contributed by atoms with E-state index in [2.05, 4.69) is 20.3 Å². The molecule has 0 spiro atoms. The SMILES string of the molecule is CCS(=O)(=O)NCCNC(=NC)NCc1ccc(N2CCCC2=O)cc1.I. The highest BCUT2D eigenvalue weighted by Crippen LogP contribution is 2.21. The van der Waals surface area contributed by atoms with Crippen LogP contribution in [0.5, 0.6) is 0 Å². The van der Waals surface area contributed by atoms with Crippen molar-refractivity contribution in [2.45, 2.75) is 26.3 Å². The number of halogens is 1. The summed E-state index contributed by atoms with van der Waals surface area (Å²) in [7, 11) is -1.51. The van der Waals surface area contributed by atoms with Crippen molar-refractivity contribution < 1.29 is 13.2 Å². The topological polar surface area (TPSA) is 103 Å². The van der Waals surface area contributed by atoms with Crippen molar-refractivity contribution in [2.24, 2.45) is 4.99 Å². The summed E-state index contributed by atoms with van der Waals surface area (Å²) in [6.45, 7) is 3.70. The smallest absolute Gasteiger partial charge is 0.227 e. The normalized spacial score (nSPS) is 14.8. The molecule has 0 radical (unpaired) electrons. The zero-order valence-corrected chi connectivity index (χ0v) is 18.8. The Labute approximate surface area is 178 Å². The lowest BCUT2D eigenvalue weighted by atomic mass is 10.2. The summed E-state index contributed by atoms with van der Waals surface area (Å²) in [5, 5.41) is 6.23. The van der Waals surface area contributed by atoms with Gasteiger partial charge in [0.25, 0.3) is 0 Å². The number of carbonyl (C=O) groups excluding carboxylic acids is 1. The highest BCUT2D eigenvalue weighted by atomic mass is 127. The molecule has 0 aromatic heterocycles. The largest absolute Gasteiger partial charge is 0.355 e. The molecule has 1 aliphatic heterocycles. The van der Waals surface area contributed by atoms with Crippen LogP contribution in [0.25, 0.3) is 0 Å². The predicted molar refractivity (Wildman–Crippen MR) is 119 cm³/mol. The van der Waals surface area contributed by atoms with Crippen LogP contribution in [-0.2, 0) is 21.4 Å². The Kier molecular flexibility index (Phi) is 10.0. The fourth-order valence-corrected chi connectivity index (χ4v) is 3.23. The molecule has 1 aromatic rings.